The minimum absolute atomic E-state index is 0.237. The summed E-state index contributed by atoms with van der Waals surface area (Å²) in [6.07, 6.45) is 3.60. The molecule has 1 aromatic carbocycles. The van der Waals surface area contributed by atoms with E-state index >= 15 is 0 Å². The van der Waals surface area contributed by atoms with Crippen LogP contribution in [0.4, 0.5) is 0 Å². The molecule has 88 valence electrons. The number of hydrogen-bond donors (Lipinski definition) is 1. The number of benzene rings is 1. The van der Waals surface area contributed by atoms with E-state index in [4.69, 9.17) is 0 Å². The standard InChI is InChI=1S/C15H16O2/c1-9-8-15(2)11(6-7-13(15)17)10-4-3-5-12(16)14(9)10/h3-5,8,11,16H,6-7H2,1-2H3/t11-,15-/m0/s1. The molecule has 2 heteroatoms. The third kappa shape index (κ3) is 1.24. The van der Waals surface area contributed by atoms with Crippen LogP contribution in [0.3, 0.4) is 0 Å². The van der Waals surface area contributed by atoms with Gasteiger partial charge in [0.15, 0.2) is 0 Å². The lowest BCUT2D eigenvalue weighted by atomic mass is 9.68. The van der Waals surface area contributed by atoms with Crippen molar-refractivity contribution >= 4 is 11.4 Å². The lowest BCUT2D eigenvalue weighted by Gasteiger charge is -2.34. The Morgan fingerprint density at radius 2 is 2.18 bits per heavy atom. The molecule has 2 aliphatic rings. The van der Waals surface area contributed by atoms with Gasteiger partial charge in [-0.2, -0.15) is 0 Å². The smallest absolute Gasteiger partial charge is 0.143 e. The van der Waals surface area contributed by atoms with Crippen LogP contribution in [0.2, 0.25) is 0 Å². The van der Waals surface area contributed by atoms with Gasteiger partial charge in [0.25, 0.3) is 0 Å². The van der Waals surface area contributed by atoms with Crippen LogP contribution in [0, 0.1) is 5.41 Å². The van der Waals surface area contributed by atoms with Crippen LogP contribution in [-0.4, -0.2) is 10.9 Å². The molecule has 17 heavy (non-hydrogen) atoms. The highest BCUT2D eigenvalue weighted by Crippen LogP contribution is 2.54. The molecular formula is C15H16O2. The van der Waals surface area contributed by atoms with Crippen LogP contribution in [-0.2, 0) is 4.79 Å². The van der Waals surface area contributed by atoms with E-state index in [-0.39, 0.29) is 11.3 Å². The molecule has 0 amide bonds. The number of carbonyl (C=O) groups excluding carboxylic acids is 1. The number of fused-ring (bicyclic) bond motifs is 3. The van der Waals surface area contributed by atoms with Crippen molar-refractivity contribution in [3.05, 3.63) is 35.4 Å². The van der Waals surface area contributed by atoms with Gasteiger partial charge in [-0.1, -0.05) is 18.2 Å². The second-order valence-electron chi connectivity index (χ2n) is 5.37. The number of carbonyl (C=O) groups is 1. The van der Waals surface area contributed by atoms with E-state index in [0.29, 0.717) is 18.0 Å². The summed E-state index contributed by atoms with van der Waals surface area (Å²) in [7, 11) is 0. The molecular weight excluding hydrogens is 212 g/mol. The van der Waals surface area contributed by atoms with Crippen molar-refractivity contribution < 1.29 is 9.90 Å². The van der Waals surface area contributed by atoms with Gasteiger partial charge in [0.05, 0.1) is 5.41 Å². The van der Waals surface area contributed by atoms with Crippen LogP contribution in [0.15, 0.2) is 24.3 Å². The number of rotatable bonds is 0. The molecule has 0 saturated heterocycles. The predicted octanol–water partition coefficient (Wildman–Crippen LogP) is 3.26. The van der Waals surface area contributed by atoms with E-state index in [1.165, 1.54) is 0 Å². The monoisotopic (exact) mass is 228 g/mol. The molecule has 1 N–H and O–H groups in total. The average Bonchev–Trinajstić information content (AvgIpc) is 2.55. The van der Waals surface area contributed by atoms with Crippen LogP contribution in [0.1, 0.15) is 43.7 Å². The molecule has 1 fully saturated rings. The van der Waals surface area contributed by atoms with Crippen molar-refractivity contribution in [2.24, 2.45) is 5.41 Å². The Labute approximate surface area is 101 Å². The van der Waals surface area contributed by atoms with Gasteiger partial charge in [0.2, 0.25) is 0 Å². The molecule has 1 saturated carbocycles. The Kier molecular flexibility index (Phi) is 2.00. The molecule has 0 aliphatic heterocycles. The molecule has 2 nitrogen and oxygen atoms in total. The number of Topliss-reactive ketones (excluding diaryl/α,β-unsaturated/α-hetero) is 1. The molecule has 0 unspecified atom stereocenters. The maximum Gasteiger partial charge on any atom is 0.143 e. The van der Waals surface area contributed by atoms with E-state index in [0.717, 1.165) is 23.1 Å². The number of aromatic hydroxyl groups is 1. The van der Waals surface area contributed by atoms with Gasteiger partial charge in [-0.05, 0) is 37.5 Å². The van der Waals surface area contributed by atoms with Gasteiger partial charge in [0.1, 0.15) is 11.5 Å². The Hall–Kier alpha value is -1.57. The highest BCUT2D eigenvalue weighted by Gasteiger charge is 2.48. The fourth-order valence-corrected chi connectivity index (χ4v) is 3.50. The zero-order chi connectivity index (χ0) is 12.2. The van der Waals surface area contributed by atoms with Crippen molar-refractivity contribution in [1.29, 1.82) is 0 Å². The SMILES string of the molecule is CC1=C[C@]2(C)C(=O)CC[C@H]2c2cccc(O)c21. The van der Waals surface area contributed by atoms with Crippen molar-refractivity contribution in [3.63, 3.8) is 0 Å². The van der Waals surface area contributed by atoms with Crippen molar-refractivity contribution in [1.82, 2.24) is 0 Å². The van der Waals surface area contributed by atoms with Gasteiger partial charge in [-0.25, -0.2) is 0 Å². The van der Waals surface area contributed by atoms with E-state index in [2.05, 4.69) is 6.08 Å². The van der Waals surface area contributed by atoms with Crippen LogP contribution in [0.5, 0.6) is 5.75 Å². The summed E-state index contributed by atoms with van der Waals surface area (Å²) in [4.78, 5) is 12.1. The Morgan fingerprint density at radius 1 is 1.41 bits per heavy atom. The first-order chi connectivity index (χ1) is 8.04. The van der Waals surface area contributed by atoms with Crippen molar-refractivity contribution in [2.45, 2.75) is 32.6 Å². The molecule has 2 atom stereocenters. The van der Waals surface area contributed by atoms with Gasteiger partial charge >= 0.3 is 0 Å². The zero-order valence-electron chi connectivity index (χ0n) is 10.2. The summed E-state index contributed by atoms with van der Waals surface area (Å²) < 4.78 is 0. The molecule has 0 bridgehead atoms. The second-order valence-corrected chi connectivity index (χ2v) is 5.37. The van der Waals surface area contributed by atoms with Crippen molar-refractivity contribution in [3.8, 4) is 5.75 Å². The number of phenolic OH excluding ortho intramolecular Hbond substituents is 1. The third-order valence-corrected chi connectivity index (χ3v) is 4.35. The lowest BCUT2D eigenvalue weighted by Crippen LogP contribution is -2.28. The van der Waals surface area contributed by atoms with Crippen LogP contribution >= 0.6 is 0 Å². The Morgan fingerprint density at radius 3 is 2.94 bits per heavy atom. The minimum Gasteiger partial charge on any atom is -0.507 e. The van der Waals surface area contributed by atoms with Gasteiger partial charge in [-0.15, -0.1) is 0 Å². The van der Waals surface area contributed by atoms with Gasteiger partial charge in [0, 0.05) is 17.9 Å². The first-order valence-corrected chi connectivity index (χ1v) is 6.09. The molecule has 0 spiro atoms. The number of phenols is 1. The fraction of sp³-hybridized carbons (Fsp3) is 0.400. The number of ketones is 1. The van der Waals surface area contributed by atoms with Crippen molar-refractivity contribution in [2.75, 3.05) is 0 Å². The number of hydrogen-bond acceptors (Lipinski definition) is 2. The maximum atomic E-state index is 12.1. The average molecular weight is 228 g/mol. The first-order valence-electron chi connectivity index (χ1n) is 6.09. The number of allylic oxidation sites excluding steroid dienone is 2. The molecule has 2 aliphatic carbocycles. The van der Waals surface area contributed by atoms with Gasteiger partial charge < -0.3 is 5.11 Å². The van der Waals surface area contributed by atoms with Crippen LogP contribution in [0.25, 0.3) is 5.57 Å². The topological polar surface area (TPSA) is 37.3 Å². The minimum atomic E-state index is -0.356. The highest BCUT2D eigenvalue weighted by atomic mass is 16.3. The van der Waals surface area contributed by atoms with Gasteiger partial charge in [-0.3, -0.25) is 4.79 Å². The summed E-state index contributed by atoms with van der Waals surface area (Å²) in [5, 5.41) is 9.97. The lowest BCUT2D eigenvalue weighted by molar-refractivity contribution is -0.123. The predicted molar refractivity (Wildman–Crippen MR) is 66.8 cm³/mol. The third-order valence-electron chi connectivity index (χ3n) is 4.35. The normalized spacial score (nSPS) is 30.8. The largest absolute Gasteiger partial charge is 0.507 e. The summed E-state index contributed by atoms with van der Waals surface area (Å²) in [5.74, 6) is 0.897. The maximum absolute atomic E-state index is 12.1. The Bertz CT molecular complexity index is 542. The molecule has 0 heterocycles. The second kappa shape index (κ2) is 3.22. The molecule has 0 aromatic heterocycles. The first kappa shape index (κ1) is 10.6. The fourth-order valence-electron chi connectivity index (χ4n) is 3.50. The molecule has 1 aromatic rings. The highest BCUT2D eigenvalue weighted by molar-refractivity contribution is 5.94. The zero-order valence-corrected chi connectivity index (χ0v) is 10.2. The summed E-state index contributed by atoms with van der Waals surface area (Å²) >= 11 is 0. The summed E-state index contributed by atoms with van der Waals surface area (Å²) in [6.45, 7) is 4.01. The summed E-state index contributed by atoms with van der Waals surface area (Å²) in [6, 6.07) is 5.64. The molecule has 3 rings (SSSR count). The molecule has 0 radical (unpaired) electrons. The quantitative estimate of drug-likeness (QED) is 0.740. The summed E-state index contributed by atoms with van der Waals surface area (Å²) in [5.41, 5.74) is 2.74. The van der Waals surface area contributed by atoms with Crippen LogP contribution < -0.4 is 0 Å². The van der Waals surface area contributed by atoms with E-state index in [1.807, 2.05) is 26.0 Å². The van der Waals surface area contributed by atoms with E-state index in [9.17, 15) is 9.90 Å². The Balaban J connectivity index is 2.28. The van der Waals surface area contributed by atoms with E-state index < -0.39 is 0 Å². The van der Waals surface area contributed by atoms with E-state index in [1.54, 1.807) is 6.07 Å².